The van der Waals surface area contributed by atoms with E-state index >= 15 is 0 Å². The smallest absolute Gasteiger partial charge is 0.224 e. The van der Waals surface area contributed by atoms with Gasteiger partial charge in [-0.05, 0) is 63.0 Å². The highest BCUT2D eigenvalue weighted by atomic mass is 16.1. The molecule has 29 heavy (non-hydrogen) atoms. The number of hydrogen-bond acceptors (Lipinski definition) is 6. The minimum absolute atomic E-state index is 0.0824. The third-order valence-electron chi connectivity index (χ3n) is 6.11. The fourth-order valence-corrected chi connectivity index (χ4v) is 4.49. The molecule has 2 fully saturated rings. The number of rotatable bonds is 6. The van der Waals surface area contributed by atoms with Crippen molar-refractivity contribution in [2.45, 2.75) is 44.8 Å². The molecule has 0 unspecified atom stereocenters. The van der Waals surface area contributed by atoms with Crippen LogP contribution in [-0.2, 0) is 17.9 Å². The van der Waals surface area contributed by atoms with E-state index in [0.717, 1.165) is 51.3 Å². The topological polar surface area (TPSA) is 74.2 Å². The minimum atomic E-state index is 0.0824. The van der Waals surface area contributed by atoms with Crippen LogP contribution in [0, 0.1) is 5.92 Å². The van der Waals surface area contributed by atoms with Crippen molar-refractivity contribution >= 4 is 5.91 Å². The maximum atomic E-state index is 12.7. The second kappa shape index (κ2) is 9.89. The summed E-state index contributed by atoms with van der Waals surface area (Å²) in [5.74, 6) is 0.237. The van der Waals surface area contributed by atoms with Gasteiger partial charge in [-0.25, -0.2) is 9.97 Å². The molecule has 4 rings (SSSR count). The van der Waals surface area contributed by atoms with E-state index in [9.17, 15) is 4.79 Å². The predicted molar refractivity (Wildman–Crippen MR) is 111 cm³/mol. The summed E-state index contributed by atoms with van der Waals surface area (Å²) in [5, 5.41) is 3.06. The van der Waals surface area contributed by atoms with Gasteiger partial charge in [0.05, 0.1) is 18.2 Å². The number of aromatic nitrogens is 3. The van der Waals surface area contributed by atoms with Crippen molar-refractivity contribution in [3.05, 3.63) is 54.4 Å². The second-order valence-corrected chi connectivity index (χ2v) is 8.12. The van der Waals surface area contributed by atoms with Crippen LogP contribution < -0.4 is 5.32 Å². The Labute approximate surface area is 172 Å². The molecule has 7 nitrogen and oxygen atoms in total. The molecule has 1 atom stereocenters. The average molecular weight is 395 g/mol. The Morgan fingerprint density at radius 1 is 1.10 bits per heavy atom. The Hall–Kier alpha value is -2.38. The Bertz CT molecular complexity index is 763. The maximum Gasteiger partial charge on any atom is 0.224 e. The first-order valence-electron chi connectivity index (χ1n) is 10.7. The van der Waals surface area contributed by atoms with Crippen LogP contribution in [0.1, 0.15) is 36.9 Å². The van der Waals surface area contributed by atoms with Crippen molar-refractivity contribution in [1.29, 1.82) is 0 Å². The SMILES string of the molecule is O=C(NCc1ccncn1)[C@H]1CCCN(C2CCN(Cc3cccnc3)CC2)C1. The number of piperidine rings is 2. The number of likely N-dealkylation sites (tertiary alicyclic amines) is 2. The van der Waals surface area contributed by atoms with Gasteiger partial charge in [-0.3, -0.25) is 19.6 Å². The molecule has 0 saturated carbocycles. The van der Waals surface area contributed by atoms with Crippen LogP contribution in [0.4, 0.5) is 0 Å². The second-order valence-electron chi connectivity index (χ2n) is 8.12. The highest BCUT2D eigenvalue weighted by molar-refractivity contribution is 5.78. The van der Waals surface area contributed by atoms with Crippen molar-refractivity contribution in [3.63, 3.8) is 0 Å². The highest BCUT2D eigenvalue weighted by Crippen LogP contribution is 2.24. The lowest BCUT2D eigenvalue weighted by atomic mass is 9.93. The largest absolute Gasteiger partial charge is 0.350 e. The first-order valence-corrected chi connectivity index (χ1v) is 10.7. The molecule has 0 aromatic carbocycles. The van der Waals surface area contributed by atoms with Crippen molar-refractivity contribution in [3.8, 4) is 0 Å². The Morgan fingerprint density at radius 3 is 2.76 bits per heavy atom. The summed E-state index contributed by atoms with van der Waals surface area (Å²) in [6.07, 6.45) is 11.4. The molecule has 2 aliphatic rings. The molecular formula is C22H30N6O. The normalized spacial score (nSPS) is 21.7. The molecule has 1 amide bonds. The number of amides is 1. The summed E-state index contributed by atoms with van der Waals surface area (Å²) in [6.45, 7) is 5.67. The lowest BCUT2D eigenvalue weighted by Gasteiger charge is -2.42. The molecule has 2 aromatic rings. The molecule has 7 heteroatoms. The number of carbonyl (C=O) groups is 1. The number of pyridine rings is 1. The zero-order chi connectivity index (χ0) is 19.9. The van der Waals surface area contributed by atoms with Gasteiger partial charge in [-0.1, -0.05) is 6.07 Å². The summed E-state index contributed by atoms with van der Waals surface area (Å²) in [4.78, 5) is 30.0. The van der Waals surface area contributed by atoms with E-state index in [-0.39, 0.29) is 11.8 Å². The van der Waals surface area contributed by atoms with E-state index in [1.807, 2.05) is 24.5 Å². The predicted octanol–water partition coefficient (Wildman–Crippen LogP) is 1.86. The van der Waals surface area contributed by atoms with Crippen molar-refractivity contribution in [1.82, 2.24) is 30.1 Å². The average Bonchev–Trinajstić information content (AvgIpc) is 2.79. The van der Waals surface area contributed by atoms with Crippen LogP contribution in [0.15, 0.2) is 43.1 Å². The van der Waals surface area contributed by atoms with Crippen LogP contribution in [0.2, 0.25) is 0 Å². The zero-order valence-corrected chi connectivity index (χ0v) is 16.9. The van der Waals surface area contributed by atoms with Gasteiger partial charge in [0.1, 0.15) is 6.33 Å². The monoisotopic (exact) mass is 394 g/mol. The van der Waals surface area contributed by atoms with Gasteiger partial charge in [-0.2, -0.15) is 0 Å². The van der Waals surface area contributed by atoms with Crippen LogP contribution >= 0.6 is 0 Å². The molecule has 0 spiro atoms. The van der Waals surface area contributed by atoms with Gasteiger partial charge in [0.15, 0.2) is 0 Å². The van der Waals surface area contributed by atoms with Gasteiger partial charge in [0.2, 0.25) is 5.91 Å². The minimum Gasteiger partial charge on any atom is -0.350 e. The molecule has 154 valence electrons. The van der Waals surface area contributed by atoms with Crippen LogP contribution in [0.3, 0.4) is 0 Å². The Kier molecular flexibility index (Phi) is 6.79. The number of nitrogens with zero attached hydrogens (tertiary/aromatic N) is 5. The third-order valence-corrected chi connectivity index (χ3v) is 6.11. The molecule has 4 heterocycles. The Morgan fingerprint density at radius 2 is 2.00 bits per heavy atom. The summed E-state index contributed by atoms with van der Waals surface area (Å²) in [6, 6.07) is 6.59. The zero-order valence-electron chi connectivity index (χ0n) is 16.9. The highest BCUT2D eigenvalue weighted by Gasteiger charge is 2.31. The third kappa shape index (κ3) is 5.58. The van der Waals surface area contributed by atoms with Gasteiger partial charge in [0, 0.05) is 37.7 Å². The van der Waals surface area contributed by atoms with E-state index < -0.39 is 0 Å². The van der Waals surface area contributed by atoms with Crippen molar-refractivity contribution < 1.29 is 4.79 Å². The molecule has 0 aliphatic carbocycles. The molecule has 0 bridgehead atoms. The molecule has 2 aromatic heterocycles. The van der Waals surface area contributed by atoms with E-state index in [1.54, 1.807) is 6.20 Å². The fraction of sp³-hybridized carbons (Fsp3) is 0.545. The summed E-state index contributed by atoms with van der Waals surface area (Å²) in [7, 11) is 0. The van der Waals surface area contributed by atoms with Crippen LogP contribution in [-0.4, -0.2) is 62.9 Å². The summed E-state index contributed by atoms with van der Waals surface area (Å²) in [5.41, 5.74) is 2.13. The Balaban J connectivity index is 1.23. The van der Waals surface area contributed by atoms with E-state index in [4.69, 9.17) is 0 Å². The lowest BCUT2D eigenvalue weighted by Crippen LogP contribution is -2.50. The van der Waals surface area contributed by atoms with Gasteiger partial charge in [-0.15, -0.1) is 0 Å². The number of hydrogen-bond donors (Lipinski definition) is 1. The fourth-order valence-electron chi connectivity index (χ4n) is 4.49. The quantitative estimate of drug-likeness (QED) is 0.806. The van der Waals surface area contributed by atoms with Gasteiger partial charge >= 0.3 is 0 Å². The number of carbonyl (C=O) groups excluding carboxylic acids is 1. The van der Waals surface area contributed by atoms with Gasteiger partial charge in [0.25, 0.3) is 0 Å². The molecule has 1 N–H and O–H groups in total. The van der Waals surface area contributed by atoms with E-state index in [1.165, 1.54) is 24.7 Å². The lowest BCUT2D eigenvalue weighted by molar-refractivity contribution is -0.127. The van der Waals surface area contributed by atoms with E-state index in [0.29, 0.717) is 12.6 Å². The molecule has 2 saturated heterocycles. The molecule has 0 radical (unpaired) electrons. The van der Waals surface area contributed by atoms with Gasteiger partial charge < -0.3 is 5.32 Å². The first kappa shape index (κ1) is 19.9. The molecule has 2 aliphatic heterocycles. The van der Waals surface area contributed by atoms with Crippen molar-refractivity contribution in [2.24, 2.45) is 5.92 Å². The summed E-state index contributed by atoms with van der Waals surface area (Å²) < 4.78 is 0. The maximum absolute atomic E-state index is 12.7. The number of nitrogens with one attached hydrogen (secondary N) is 1. The van der Waals surface area contributed by atoms with Crippen LogP contribution in [0.5, 0.6) is 0 Å². The summed E-state index contributed by atoms with van der Waals surface area (Å²) >= 11 is 0. The first-order chi connectivity index (χ1) is 14.3. The standard InChI is InChI=1S/C22H30N6O/c29-22(25-14-20-5-9-24-17-26-20)19-4-2-10-28(16-19)21-6-11-27(12-7-21)15-18-3-1-8-23-13-18/h1,3,5,8-9,13,17,19,21H,2,4,6-7,10-12,14-16H2,(H,25,29)/t19-/m0/s1. The van der Waals surface area contributed by atoms with E-state index in [2.05, 4.69) is 36.1 Å². The molecular weight excluding hydrogens is 364 g/mol. The van der Waals surface area contributed by atoms with Crippen LogP contribution in [0.25, 0.3) is 0 Å². The van der Waals surface area contributed by atoms with Crippen molar-refractivity contribution in [2.75, 3.05) is 26.2 Å².